The summed E-state index contributed by atoms with van der Waals surface area (Å²) in [6.07, 6.45) is 1.70. The molecule has 4 nitrogen and oxygen atoms in total. The second kappa shape index (κ2) is 6.42. The maximum Gasteiger partial charge on any atom is 0.118 e. The zero-order valence-electron chi connectivity index (χ0n) is 11.0. The van der Waals surface area contributed by atoms with Gasteiger partial charge >= 0.3 is 0 Å². The normalized spacial score (nSPS) is 11.3. The fourth-order valence-corrected chi connectivity index (χ4v) is 1.81. The average molecular weight is 248 g/mol. The van der Waals surface area contributed by atoms with Crippen LogP contribution in [0.25, 0.3) is 0 Å². The number of rotatable bonds is 7. The topological polar surface area (TPSA) is 41.5 Å². The molecule has 0 fully saturated rings. The average Bonchev–Trinajstić information content (AvgIpc) is 2.96. The Bertz CT molecular complexity index is 448. The summed E-state index contributed by atoms with van der Waals surface area (Å²) in [6.45, 7) is 5.49. The van der Waals surface area contributed by atoms with E-state index < -0.39 is 0 Å². The van der Waals surface area contributed by atoms with Gasteiger partial charge in [-0.3, -0.25) is 4.90 Å². The van der Waals surface area contributed by atoms with Crippen LogP contribution in [0.3, 0.4) is 0 Å². The zero-order chi connectivity index (χ0) is 12.8. The first-order chi connectivity index (χ1) is 8.74. The Kier molecular flexibility index (Phi) is 4.61. The van der Waals surface area contributed by atoms with Crippen LogP contribution in [0, 0.1) is 6.92 Å². The van der Waals surface area contributed by atoms with Gasteiger partial charge < -0.3 is 14.2 Å². The van der Waals surface area contributed by atoms with Gasteiger partial charge in [-0.25, -0.2) is 0 Å². The highest BCUT2D eigenvalue weighted by atomic mass is 16.3. The van der Waals surface area contributed by atoms with Crippen molar-refractivity contribution in [3.05, 3.63) is 47.8 Å². The van der Waals surface area contributed by atoms with Crippen LogP contribution in [-0.2, 0) is 13.1 Å². The largest absolute Gasteiger partial charge is 0.468 e. The number of furan rings is 2. The third-order valence-electron chi connectivity index (χ3n) is 2.77. The fraction of sp³-hybridized carbons (Fsp3) is 0.429. The highest BCUT2D eigenvalue weighted by molar-refractivity contribution is 5.05. The minimum absolute atomic E-state index is 0.778. The van der Waals surface area contributed by atoms with Gasteiger partial charge in [0, 0.05) is 13.1 Å². The lowest BCUT2D eigenvalue weighted by Crippen LogP contribution is -2.28. The van der Waals surface area contributed by atoms with Crippen LogP contribution >= 0.6 is 0 Å². The van der Waals surface area contributed by atoms with E-state index in [-0.39, 0.29) is 0 Å². The molecular formula is C14H20N2O2. The van der Waals surface area contributed by atoms with Crippen molar-refractivity contribution < 1.29 is 8.83 Å². The van der Waals surface area contributed by atoms with E-state index in [4.69, 9.17) is 8.83 Å². The lowest BCUT2D eigenvalue weighted by molar-refractivity contribution is 0.289. The lowest BCUT2D eigenvalue weighted by Gasteiger charge is -2.15. The maximum atomic E-state index is 5.54. The van der Waals surface area contributed by atoms with Gasteiger partial charge in [0.15, 0.2) is 0 Å². The van der Waals surface area contributed by atoms with Crippen molar-refractivity contribution >= 4 is 0 Å². The number of aryl methyl sites for hydroxylation is 1. The summed E-state index contributed by atoms with van der Waals surface area (Å²) in [4.78, 5) is 2.23. The van der Waals surface area contributed by atoms with Crippen LogP contribution in [-0.4, -0.2) is 25.0 Å². The summed E-state index contributed by atoms with van der Waals surface area (Å²) in [5.41, 5.74) is 0. The third-order valence-corrected chi connectivity index (χ3v) is 2.77. The standard InChI is InChI=1S/C14H20N2O2/c1-12-5-6-14(18-12)11-16(2)8-7-15-10-13-4-3-9-17-13/h3-6,9,15H,7-8,10-11H2,1-2H3. The van der Waals surface area contributed by atoms with E-state index in [1.165, 1.54) is 0 Å². The van der Waals surface area contributed by atoms with Crippen molar-refractivity contribution in [3.8, 4) is 0 Å². The van der Waals surface area contributed by atoms with Crippen molar-refractivity contribution in [2.75, 3.05) is 20.1 Å². The SMILES string of the molecule is Cc1ccc(CN(C)CCNCc2ccco2)o1. The molecule has 0 aliphatic rings. The van der Waals surface area contributed by atoms with Crippen molar-refractivity contribution in [2.45, 2.75) is 20.0 Å². The second-order valence-electron chi connectivity index (χ2n) is 4.51. The molecule has 0 unspecified atom stereocenters. The molecule has 0 aliphatic heterocycles. The first-order valence-electron chi connectivity index (χ1n) is 6.21. The quantitative estimate of drug-likeness (QED) is 0.764. The summed E-state index contributed by atoms with van der Waals surface area (Å²) < 4.78 is 10.8. The molecule has 98 valence electrons. The summed E-state index contributed by atoms with van der Waals surface area (Å²) in [7, 11) is 2.09. The van der Waals surface area contributed by atoms with Gasteiger partial charge in [0.05, 0.1) is 19.4 Å². The minimum Gasteiger partial charge on any atom is -0.468 e. The Morgan fingerprint density at radius 3 is 2.78 bits per heavy atom. The molecule has 0 aromatic carbocycles. The molecule has 1 N–H and O–H groups in total. The minimum atomic E-state index is 0.778. The smallest absolute Gasteiger partial charge is 0.118 e. The van der Waals surface area contributed by atoms with Crippen LogP contribution < -0.4 is 5.32 Å². The number of nitrogens with zero attached hydrogens (tertiary/aromatic N) is 1. The van der Waals surface area contributed by atoms with Crippen molar-refractivity contribution in [2.24, 2.45) is 0 Å². The van der Waals surface area contributed by atoms with Gasteiger partial charge in [0.25, 0.3) is 0 Å². The van der Waals surface area contributed by atoms with Crippen molar-refractivity contribution in [1.82, 2.24) is 10.2 Å². The second-order valence-corrected chi connectivity index (χ2v) is 4.51. The molecule has 0 saturated carbocycles. The summed E-state index contributed by atoms with van der Waals surface area (Å²) >= 11 is 0. The molecule has 4 heteroatoms. The van der Waals surface area contributed by atoms with Gasteiger partial charge in [0.2, 0.25) is 0 Å². The van der Waals surface area contributed by atoms with Gasteiger partial charge in [-0.15, -0.1) is 0 Å². The first-order valence-corrected chi connectivity index (χ1v) is 6.21. The molecule has 18 heavy (non-hydrogen) atoms. The monoisotopic (exact) mass is 248 g/mol. The Hall–Kier alpha value is -1.52. The van der Waals surface area contributed by atoms with Crippen LogP contribution in [0.5, 0.6) is 0 Å². The van der Waals surface area contributed by atoms with E-state index >= 15 is 0 Å². The number of hydrogen-bond acceptors (Lipinski definition) is 4. The van der Waals surface area contributed by atoms with Crippen molar-refractivity contribution in [3.63, 3.8) is 0 Å². The Morgan fingerprint density at radius 1 is 1.22 bits per heavy atom. The molecule has 2 aromatic rings. The molecule has 0 saturated heterocycles. The van der Waals surface area contributed by atoms with Crippen molar-refractivity contribution in [1.29, 1.82) is 0 Å². The number of hydrogen-bond donors (Lipinski definition) is 1. The molecule has 0 radical (unpaired) electrons. The third kappa shape index (κ3) is 4.05. The highest BCUT2D eigenvalue weighted by Crippen LogP contribution is 2.08. The first kappa shape index (κ1) is 12.9. The van der Waals surface area contributed by atoms with Gasteiger partial charge in [0.1, 0.15) is 17.3 Å². The summed E-state index contributed by atoms with van der Waals surface area (Å²) in [5, 5.41) is 3.34. The predicted octanol–water partition coefficient (Wildman–Crippen LogP) is 2.40. The van der Waals surface area contributed by atoms with E-state index in [0.29, 0.717) is 0 Å². The van der Waals surface area contributed by atoms with Gasteiger partial charge in [-0.05, 0) is 38.2 Å². The summed E-state index contributed by atoms with van der Waals surface area (Å²) in [6, 6.07) is 7.91. The molecule has 0 atom stereocenters. The van der Waals surface area contributed by atoms with Crippen LogP contribution in [0.1, 0.15) is 17.3 Å². The highest BCUT2D eigenvalue weighted by Gasteiger charge is 2.03. The van der Waals surface area contributed by atoms with Crippen LogP contribution in [0.4, 0.5) is 0 Å². The van der Waals surface area contributed by atoms with Gasteiger partial charge in [-0.1, -0.05) is 0 Å². The van der Waals surface area contributed by atoms with E-state index in [0.717, 1.165) is 43.5 Å². The zero-order valence-corrected chi connectivity index (χ0v) is 11.0. The van der Waals surface area contributed by atoms with Crippen LogP contribution in [0.15, 0.2) is 39.4 Å². The predicted molar refractivity (Wildman–Crippen MR) is 70.2 cm³/mol. The van der Waals surface area contributed by atoms with E-state index in [1.54, 1.807) is 6.26 Å². The number of likely N-dealkylation sites (N-methyl/N-ethyl adjacent to an activating group) is 1. The molecule has 0 aliphatic carbocycles. The molecule has 0 bridgehead atoms. The molecule has 2 rings (SSSR count). The molecular weight excluding hydrogens is 228 g/mol. The molecule has 0 spiro atoms. The molecule has 0 amide bonds. The van der Waals surface area contributed by atoms with E-state index in [2.05, 4.69) is 17.3 Å². The molecule has 2 aromatic heterocycles. The Labute approximate surface area is 108 Å². The van der Waals surface area contributed by atoms with Gasteiger partial charge in [-0.2, -0.15) is 0 Å². The lowest BCUT2D eigenvalue weighted by atomic mass is 10.4. The Balaban J connectivity index is 1.61. The Morgan fingerprint density at radius 2 is 2.11 bits per heavy atom. The van der Waals surface area contributed by atoms with Crippen LogP contribution in [0.2, 0.25) is 0 Å². The van der Waals surface area contributed by atoms with E-state index in [9.17, 15) is 0 Å². The number of nitrogens with one attached hydrogen (secondary N) is 1. The fourth-order valence-electron chi connectivity index (χ4n) is 1.81. The van der Waals surface area contributed by atoms with E-state index in [1.807, 2.05) is 31.2 Å². The maximum absolute atomic E-state index is 5.54. The molecule has 2 heterocycles. The summed E-state index contributed by atoms with van der Waals surface area (Å²) in [5.74, 6) is 2.95.